The number of fused-ring (bicyclic) bond motifs is 1. The highest BCUT2D eigenvalue weighted by Crippen LogP contribution is 2.43. The second kappa shape index (κ2) is 6.16. The van der Waals surface area contributed by atoms with Crippen LogP contribution in [0.5, 0.6) is 11.5 Å². The van der Waals surface area contributed by atoms with E-state index in [1.807, 2.05) is 27.7 Å². The standard InChI is InChI=1S/C17H26N2O3/c1-10-11(2)15-13(12(3)14(10)20)6-7-17(4,22-15)16(21)19-9-5-8-18/h20H,5-9,18H2,1-4H3,(H,19,21). The van der Waals surface area contributed by atoms with Gasteiger partial charge in [0.25, 0.3) is 5.91 Å². The van der Waals surface area contributed by atoms with Crippen LogP contribution in [0.15, 0.2) is 0 Å². The van der Waals surface area contributed by atoms with Gasteiger partial charge in [0.15, 0.2) is 5.60 Å². The maximum atomic E-state index is 12.4. The number of phenolic OH excluding ortho intramolecular Hbond substituents is 1. The molecule has 1 unspecified atom stereocenters. The lowest BCUT2D eigenvalue weighted by atomic mass is 9.86. The molecule has 2 rings (SSSR count). The molecule has 0 fully saturated rings. The molecule has 1 aliphatic heterocycles. The first-order valence-corrected chi connectivity index (χ1v) is 7.80. The molecule has 0 spiro atoms. The predicted molar refractivity (Wildman–Crippen MR) is 86.4 cm³/mol. The van der Waals surface area contributed by atoms with Gasteiger partial charge in [0.2, 0.25) is 0 Å². The van der Waals surface area contributed by atoms with Crippen LogP contribution in [0.4, 0.5) is 0 Å². The fourth-order valence-corrected chi connectivity index (χ4v) is 2.90. The Morgan fingerprint density at radius 1 is 1.32 bits per heavy atom. The number of phenols is 1. The van der Waals surface area contributed by atoms with Crippen molar-refractivity contribution in [2.75, 3.05) is 13.1 Å². The third kappa shape index (κ3) is 2.77. The van der Waals surface area contributed by atoms with Crippen LogP contribution in [0.2, 0.25) is 0 Å². The molecule has 0 aromatic heterocycles. The highest BCUT2D eigenvalue weighted by molar-refractivity contribution is 5.85. The summed E-state index contributed by atoms with van der Waals surface area (Å²) in [6, 6.07) is 0. The van der Waals surface area contributed by atoms with Gasteiger partial charge in [-0.25, -0.2) is 0 Å². The number of nitrogens with two attached hydrogens (primary N) is 1. The van der Waals surface area contributed by atoms with E-state index >= 15 is 0 Å². The number of rotatable bonds is 4. The zero-order valence-electron chi connectivity index (χ0n) is 13.9. The largest absolute Gasteiger partial charge is 0.507 e. The minimum absolute atomic E-state index is 0.102. The summed E-state index contributed by atoms with van der Waals surface area (Å²) in [5.74, 6) is 0.973. The fraction of sp³-hybridized carbons (Fsp3) is 0.588. The van der Waals surface area contributed by atoms with Crippen LogP contribution >= 0.6 is 0 Å². The number of amides is 1. The molecule has 0 saturated heterocycles. The van der Waals surface area contributed by atoms with E-state index in [-0.39, 0.29) is 5.91 Å². The molecule has 0 radical (unpaired) electrons. The van der Waals surface area contributed by atoms with Crippen LogP contribution in [0.25, 0.3) is 0 Å². The Bertz CT molecular complexity index is 598. The van der Waals surface area contributed by atoms with Crippen LogP contribution in [0.3, 0.4) is 0 Å². The number of carbonyl (C=O) groups excluding carboxylic acids is 1. The SMILES string of the molecule is Cc1c(C)c2c(c(C)c1O)CCC(C)(C(=O)NCCCN)O2. The number of hydrogen-bond acceptors (Lipinski definition) is 4. The topological polar surface area (TPSA) is 84.6 Å². The summed E-state index contributed by atoms with van der Waals surface area (Å²) < 4.78 is 6.10. The summed E-state index contributed by atoms with van der Waals surface area (Å²) in [7, 11) is 0. The second-order valence-corrected chi connectivity index (χ2v) is 6.26. The van der Waals surface area contributed by atoms with Crippen molar-refractivity contribution >= 4 is 5.91 Å². The zero-order chi connectivity index (χ0) is 16.5. The normalized spacial score (nSPS) is 20.2. The number of hydrogen-bond donors (Lipinski definition) is 3. The minimum atomic E-state index is -0.873. The van der Waals surface area contributed by atoms with Crippen LogP contribution in [-0.4, -0.2) is 29.7 Å². The molecule has 0 aliphatic carbocycles. The first-order chi connectivity index (χ1) is 10.3. The molecule has 5 heteroatoms. The monoisotopic (exact) mass is 306 g/mol. The number of benzene rings is 1. The second-order valence-electron chi connectivity index (χ2n) is 6.26. The van der Waals surface area contributed by atoms with Crippen molar-refractivity contribution in [3.63, 3.8) is 0 Å². The van der Waals surface area contributed by atoms with E-state index in [0.29, 0.717) is 25.3 Å². The molecule has 0 bridgehead atoms. The Kier molecular flexibility index (Phi) is 4.66. The molecule has 5 nitrogen and oxygen atoms in total. The van der Waals surface area contributed by atoms with Crippen molar-refractivity contribution in [1.82, 2.24) is 5.32 Å². The van der Waals surface area contributed by atoms with Crippen molar-refractivity contribution in [3.05, 3.63) is 22.3 Å². The van der Waals surface area contributed by atoms with E-state index in [4.69, 9.17) is 10.5 Å². The lowest BCUT2D eigenvalue weighted by Gasteiger charge is -2.36. The molecule has 4 N–H and O–H groups in total. The third-order valence-corrected chi connectivity index (χ3v) is 4.67. The summed E-state index contributed by atoms with van der Waals surface area (Å²) >= 11 is 0. The van der Waals surface area contributed by atoms with E-state index in [1.54, 1.807) is 0 Å². The van der Waals surface area contributed by atoms with Crippen LogP contribution in [0, 0.1) is 20.8 Å². The molecule has 1 atom stereocenters. The van der Waals surface area contributed by atoms with E-state index in [2.05, 4.69) is 5.32 Å². The fourth-order valence-electron chi connectivity index (χ4n) is 2.90. The van der Waals surface area contributed by atoms with Crippen molar-refractivity contribution in [3.8, 4) is 11.5 Å². The van der Waals surface area contributed by atoms with Crippen molar-refractivity contribution in [2.45, 2.75) is 52.6 Å². The van der Waals surface area contributed by atoms with Crippen LogP contribution in [0.1, 0.15) is 42.0 Å². The molecular formula is C17H26N2O3. The summed E-state index contributed by atoms with van der Waals surface area (Å²) in [5, 5.41) is 13.1. The maximum Gasteiger partial charge on any atom is 0.263 e. The minimum Gasteiger partial charge on any atom is -0.507 e. The van der Waals surface area contributed by atoms with Crippen molar-refractivity contribution in [2.24, 2.45) is 5.73 Å². The van der Waals surface area contributed by atoms with Gasteiger partial charge < -0.3 is 20.9 Å². The van der Waals surface area contributed by atoms with Gasteiger partial charge in [0, 0.05) is 18.5 Å². The van der Waals surface area contributed by atoms with E-state index in [1.165, 1.54) is 0 Å². The average Bonchev–Trinajstić information content (AvgIpc) is 2.51. The molecule has 0 saturated carbocycles. The Morgan fingerprint density at radius 2 is 2.00 bits per heavy atom. The highest BCUT2D eigenvalue weighted by atomic mass is 16.5. The van der Waals surface area contributed by atoms with Gasteiger partial charge in [-0.05, 0) is 63.8 Å². The van der Waals surface area contributed by atoms with Crippen LogP contribution < -0.4 is 15.8 Å². The molecule has 1 amide bonds. The predicted octanol–water partition coefficient (Wildman–Crippen LogP) is 1.87. The Hall–Kier alpha value is -1.75. The van der Waals surface area contributed by atoms with Crippen molar-refractivity contribution < 1.29 is 14.6 Å². The van der Waals surface area contributed by atoms with Crippen molar-refractivity contribution in [1.29, 1.82) is 0 Å². The number of carbonyl (C=O) groups is 1. The Labute approximate surface area is 131 Å². The Morgan fingerprint density at radius 3 is 2.64 bits per heavy atom. The van der Waals surface area contributed by atoms with Gasteiger partial charge in [-0.15, -0.1) is 0 Å². The van der Waals surface area contributed by atoms with E-state index in [0.717, 1.165) is 40.8 Å². The maximum absolute atomic E-state index is 12.4. The highest BCUT2D eigenvalue weighted by Gasteiger charge is 2.40. The Balaban J connectivity index is 2.29. The van der Waals surface area contributed by atoms with Gasteiger partial charge in [0.1, 0.15) is 11.5 Å². The quantitative estimate of drug-likeness (QED) is 0.741. The lowest BCUT2D eigenvalue weighted by molar-refractivity contribution is -0.136. The smallest absolute Gasteiger partial charge is 0.263 e. The molecule has 1 aromatic carbocycles. The third-order valence-electron chi connectivity index (χ3n) is 4.67. The molecule has 1 aromatic rings. The average molecular weight is 306 g/mol. The first-order valence-electron chi connectivity index (χ1n) is 7.80. The van der Waals surface area contributed by atoms with Gasteiger partial charge >= 0.3 is 0 Å². The van der Waals surface area contributed by atoms with Gasteiger partial charge in [-0.3, -0.25) is 4.79 Å². The molecule has 1 heterocycles. The summed E-state index contributed by atoms with van der Waals surface area (Å²) in [6.07, 6.45) is 2.07. The van der Waals surface area contributed by atoms with Gasteiger partial charge in [0.05, 0.1) is 0 Å². The number of ether oxygens (including phenoxy) is 1. The number of nitrogens with one attached hydrogen (secondary N) is 1. The molecule has 122 valence electrons. The zero-order valence-corrected chi connectivity index (χ0v) is 13.9. The number of aromatic hydroxyl groups is 1. The van der Waals surface area contributed by atoms with Gasteiger partial charge in [-0.2, -0.15) is 0 Å². The molecule has 22 heavy (non-hydrogen) atoms. The molecule has 1 aliphatic rings. The van der Waals surface area contributed by atoms with Gasteiger partial charge in [-0.1, -0.05) is 0 Å². The van der Waals surface area contributed by atoms with E-state index in [9.17, 15) is 9.90 Å². The lowest BCUT2D eigenvalue weighted by Crippen LogP contribution is -2.51. The molecular weight excluding hydrogens is 280 g/mol. The first kappa shape index (κ1) is 16.6. The summed E-state index contributed by atoms with van der Waals surface area (Å²) in [4.78, 5) is 12.4. The summed E-state index contributed by atoms with van der Waals surface area (Å²) in [5.41, 5.74) is 8.15. The van der Waals surface area contributed by atoms with Crippen LogP contribution in [-0.2, 0) is 11.2 Å². The van der Waals surface area contributed by atoms with E-state index < -0.39 is 5.60 Å². The summed E-state index contributed by atoms with van der Waals surface area (Å²) in [6.45, 7) is 8.63.